The molecule has 1 saturated heterocycles. The molecule has 3 heterocycles. The Morgan fingerprint density at radius 2 is 1.71 bits per heavy atom. The van der Waals surface area contributed by atoms with E-state index >= 15 is 0 Å². The van der Waals surface area contributed by atoms with Gasteiger partial charge in [0.25, 0.3) is 11.8 Å². The maximum Gasteiger partial charge on any atom is 0.335 e. The van der Waals surface area contributed by atoms with E-state index in [9.17, 15) is 14.4 Å². The summed E-state index contributed by atoms with van der Waals surface area (Å²) >= 11 is 1.18. The summed E-state index contributed by atoms with van der Waals surface area (Å²) in [5.74, 6) is -1.27. The number of tetrazole rings is 1. The van der Waals surface area contributed by atoms with Gasteiger partial charge < -0.3 is 4.42 Å². The number of para-hydroxylation sites is 1. The average Bonchev–Trinajstić information content (AvgIpc) is 3.48. The summed E-state index contributed by atoms with van der Waals surface area (Å²) in [4.78, 5) is 38.6. The fourth-order valence-electron chi connectivity index (χ4n) is 3.26. The first-order chi connectivity index (χ1) is 16.5. The Balaban J connectivity index is 1.39. The van der Waals surface area contributed by atoms with Gasteiger partial charge >= 0.3 is 6.03 Å². The Bertz CT molecular complexity index is 1430. The second-order valence-corrected chi connectivity index (χ2v) is 8.23. The third-order valence-electron chi connectivity index (χ3n) is 4.92. The van der Waals surface area contributed by atoms with Gasteiger partial charge in [-0.1, -0.05) is 35.9 Å². The van der Waals surface area contributed by atoms with Crippen LogP contribution in [0.25, 0.3) is 11.8 Å². The molecule has 10 nitrogen and oxygen atoms in total. The van der Waals surface area contributed by atoms with Crippen molar-refractivity contribution in [3.8, 4) is 5.69 Å². The van der Waals surface area contributed by atoms with Crippen molar-refractivity contribution in [2.45, 2.75) is 17.2 Å². The van der Waals surface area contributed by atoms with Crippen molar-refractivity contribution in [3.05, 3.63) is 83.6 Å². The summed E-state index contributed by atoms with van der Waals surface area (Å²) in [7, 11) is 0. The first-order valence-corrected chi connectivity index (χ1v) is 10.9. The average molecular weight is 472 g/mol. The zero-order chi connectivity index (χ0) is 23.7. The molecular weight excluding hydrogens is 456 g/mol. The number of amides is 4. The van der Waals surface area contributed by atoms with Crippen LogP contribution in [0.1, 0.15) is 11.3 Å². The highest BCUT2D eigenvalue weighted by atomic mass is 32.2. The molecule has 1 fully saturated rings. The third kappa shape index (κ3) is 4.11. The van der Waals surface area contributed by atoms with Gasteiger partial charge in [-0.05, 0) is 71.6 Å². The number of hydrogen-bond acceptors (Lipinski definition) is 8. The molecule has 1 aliphatic heterocycles. The molecular formula is C23H16N6O4S. The number of nitrogens with zero attached hydrogens (tertiary/aromatic N) is 5. The van der Waals surface area contributed by atoms with Crippen LogP contribution < -0.4 is 10.2 Å². The number of rotatable bonds is 5. The number of aromatic nitrogens is 4. The number of furan rings is 1. The molecule has 1 N–H and O–H groups in total. The van der Waals surface area contributed by atoms with Crippen LogP contribution in [-0.4, -0.2) is 38.1 Å². The lowest BCUT2D eigenvalue weighted by molar-refractivity contribution is -0.122. The Morgan fingerprint density at radius 1 is 0.941 bits per heavy atom. The van der Waals surface area contributed by atoms with Crippen LogP contribution >= 0.6 is 11.8 Å². The molecule has 5 rings (SSSR count). The Labute approximate surface area is 197 Å². The van der Waals surface area contributed by atoms with Crippen molar-refractivity contribution < 1.29 is 18.8 Å². The van der Waals surface area contributed by atoms with Gasteiger partial charge in [-0.2, -0.15) is 4.68 Å². The van der Waals surface area contributed by atoms with Gasteiger partial charge in [-0.25, -0.2) is 9.69 Å². The molecule has 4 aromatic rings. The molecule has 168 valence electrons. The number of hydrogen-bond donors (Lipinski definition) is 1. The van der Waals surface area contributed by atoms with Crippen molar-refractivity contribution in [3.63, 3.8) is 0 Å². The molecule has 34 heavy (non-hydrogen) atoms. The lowest BCUT2D eigenvalue weighted by Crippen LogP contribution is -2.54. The van der Waals surface area contributed by atoms with Crippen LogP contribution in [0.2, 0.25) is 0 Å². The molecule has 2 aromatic heterocycles. The van der Waals surface area contributed by atoms with Crippen LogP contribution in [0, 0.1) is 6.92 Å². The molecule has 1 aliphatic rings. The van der Waals surface area contributed by atoms with Gasteiger partial charge in [0.1, 0.15) is 11.3 Å². The van der Waals surface area contributed by atoms with Crippen molar-refractivity contribution in [1.82, 2.24) is 25.5 Å². The van der Waals surface area contributed by atoms with Crippen molar-refractivity contribution in [2.75, 3.05) is 4.90 Å². The van der Waals surface area contributed by atoms with Crippen molar-refractivity contribution >= 4 is 41.4 Å². The van der Waals surface area contributed by atoms with Gasteiger partial charge in [0, 0.05) is 0 Å². The maximum atomic E-state index is 13.0. The van der Waals surface area contributed by atoms with Crippen molar-refractivity contribution in [1.29, 1.82) is 0 Å². The second-order valence-electron chi connectivity index (χ2n) is 7.26. The summed E-state index contributed by atoms with van der Waals surface area (Å²) in [6.45, 7) is 1.89. The van der Waals surface area contributed by atoms with E-state index in [1.165, 1.54) is 17.8 Å². The number of carbonyl (C=O) groups excluding carboxylic acids is 3. The molecule has 2 aromatic carbocycles. The minimum absolute atomic E-state index is 0.222. The zero-order valence-corrected chi connectivity index (χ0v) is 18.5. The lowest BCUT2D eigenvalue weighted by Gasteiger charge is -2.26. The van der Waals surface area contributed by atoms with E-state index in [0.29, 0.717) is 15.9 Å². The fourth-order valence-corrected chi connectivity index (χ4v) is 4.02. The summed E-state index contributed by atoms with van der Waals surface area (Å²) in [6.07, 6.45) is 1.30. The predicted molar refractivity (Wildman–Crippen MR) is 122 cm³/mol. The van der Waals surface area contributed by atoms with Crippen molar-refractivity contribution in [2.24, 2.45) is 0 Å². The first kappa shape index (κ1) is 21.3. The molecule has 11 heteroatoms. The predicted octanol–water partition coefficient (Wildman–Crippen LogP) is 3.38. The monoisotopic (exact) mass is 472 g/mol. The van der Waals surface area contributed by atoms with E-state index in [4.69, 9.17) is 4.42 Å². The van der Waals surface area contributed by atoms with Gasteiger partial charge in [-0.3, -0.25) is 14.9 Å². The number of aryl methyl sites for hydroxylation is 1. The highest BCUT2D eigenvalue weighted by molar-refractivity contribution is 7.99. The van der Waals surface area contributed by atoms with Gasteiger partial charge in [0.05, 0.1) is 11.4 Å². The number of barbiturate groups is 1. The van der Waals surface area contributed by atoms with Gasteiger partial charge in [-0.15, -0.1) is 5.10 Å². The summed E-state index contributed by atoms with van der Waals surface area (Å²) in [5, 5.41) is 14.9. The molecule has 0 radical (unpaired) electrons. The number of nitrogens with one attached hydrogen (secondary N) is 1. The van der Waals surface area contributed by atoms with E-state index in [1.807, 2.05) is 37.3 Å². The van der Waals surface area contributed by atoms with E-state index in [-0.39, 0.29) is 11.3 Å². The minimum Gasteiger partial charge on any atom is -0.450 e. The summed E-state index contributed by atoms with van der Waals surface area (Å²) in [5.41, 5.74) is 1.89. The van der Waals surface area contributed by atoms with Gasteiger partial charge in [0.2, 0.25) is 5.16 Å². The summed E-state index contributed by atoms with van der Waals surface area (Å²) < 4.78 is 7.34. The highest BCUT2D eigenvalue weighted by Crippen LogP contribution is 2.30. The van der Waals surface area contributed by atoms with E-state index in [1.54, 1.807) is 41.1 Å². The molecule has 4 amide bonds. The third-order valence-corrected chi connectivity index (χ3v) is 5.77. The summed E-state index contributed by atoms with van der Waals surface area (Å²) in [6, 6.07) is 18.7. The minimum atomic E-state index is -0.806. The fraction of sp³-hybridized carbons (Fsp3) is 0.0435. The molecule has 0 bridgehead atoms. The van der Waals surface area contributed by atoms with Crippen LogP contribution in [0.3, 0.4) is 0 Å². The first-order valence-electron chi connectivity index (χ1n) is 10.1. The smallest absolute Gasteiger partial charge is 0.335 e. The standard InChI is InChI=1S/C23H16N6O4S/c1-14-7-9-15(10-8-14)28-21(31)18(20(30)24-22(28)32)13-17-11-12-19(33-17)34-23-25-26-27-29(23)16-5-3-2-4-6-16/h2-13H,1H3,(H,24,30,32)/b18-13+. The SMILES string of the molecule is Cc1ccc(N2C(=O)NC(=O)/C(=C\c3ccc(Sc4nnnn4-c4ccccc4)o3)C2=O)cc1. The quantitative estimate of drug-likeness (QED) is 0.346. The van der Waals surface area contributed by atoms with Crippen LogP contribution in [0.4, 0.5) is 10.5 Å². The maximum absolute atomic E-state index is 13.0. The molecule has 0 atom stereocenters. The van der Waals surface area contributed by atoms with Crippen LogP contribution in [-0.2, 0) is 9.59 Å². The number of carbonyl (C=O) groups is 3. The van der Waals surface area contributed by atoms with Crippen LogP contribution in [0.15, 0.2) is 87.0 Å². The molecule has 0 unspecified atom stereocenters. The largest absolute Gasteiger partial charge is 0.450 e. The Morgan fingerprint density at radius 3 is 2.47 bits per heavy atom. The molecule has 0 aliphatic carbocycles. The molecule has 0 spiro atoms. The van der Waals surface area contributed by atoms with E-state index < -0.39 is 17.8 Å². The zero-order valence-electron chi connectivity index (χ0n) is 17.7. The number of benzene rings is 2. The molecule has 0 saturated carbocycles. The normalized spacial score (nSPS) is 15.1. The Kier molecular flexibility index (Phi) is 5.52. The number of urea groups is 1. The van der Waals surface area contributed by atoms with Gasteiger partial charge in [0.15, 0.2) is 5.09 Å². The van der Waals surface area contributed by atoms with E-state index in [2.05, 4.69) is 20.8 Å². The van der Waals surface area contributed by atoms with Crippen LogP contribution in [0.5, 0.6) is 0 Å². The highest BCUT2D eigenvalue weighted by Gasteiger charge is 2.37. The lowest BCUT2D eigenvalue weighted by atomic mass is 10.1. The second kappa shape index (κ2) is 8.79. The Hall–Kier alpha value is -4.51. The number of imide groups is 2. The van der Waals surface area contributed by atoms with E-state index in [0.717, 1.165) is 16.2 Å². The topological polar surface area (TPSA) is 123 Å². The number of anilines is 1.